The first kappa shape index (κ1) is 29.8. The number of nitrogens with one attached hydrogen (secondary N) is 1. The average Bonchev–Trinajstić information content (AvgIpc) is 2.85. The van der Waals surface area contributed by atoms with Crippen molar-refractivity contribution in [2.24, 2.45) is 4.40 Å². The van der Waals surface area contributed by atoms with Gasteiger partial charge in [0, 0.05) is 19.1 Å². The van der Waals surface area contributed by atoms with Crippen LogP contribution in [0.25, 0.3) is 0 Å². The van der Waals surface area contributed by atoms with Crippen molar-refractivity contribution < 1.29 is 45.8 Å². The number of carbonyl (C=O) groups excluding carboxylic acids is 2. The molecule has 13 heteroatoms. The molecule has 2 N–H and O–H groups in total. The molecule has 0 saturated heterocycles. The average molecular weight is 545 g/mol. The van der Waals surface area contributed by atoms with Crippen LogP contribution >= 0.6 is 0 Å². The van der Waals surface area contributed by atoms with Gasteiger partial charge in [-0.3, -0.25) is 0 Å². The highest BCUT2D eigenvalue weighted by Crippen LogP contribution is 2.32. The van der Waals surface area contributed by atoms with E-state index in [0.29, 0.717) is 18.1 Å². The van der Waals surface area contributed by atoms with E-state index in [1.54, 1.807) is 60.7 Å². The maximum atomic E-state index is 12.8. The maximum Gasteiger partial charge on any atom is 0.416 e. The van der Waals surface area contributed by atoms with E-state index >= 15 is 0 Å². The number of amides is 1. The molecule has 0 spiro atoms. The second-order valence-electron chi connectivity index (χ2n) is 8.18. The first-order valence-corrected chi connectivity index (χ1v) is 12.6. The number of carbonyl (C=O) groups is 2. The van der Waals surface area contributed by atoms with Crippen molar-refractivity contribution in [3.63, 3.8) is 0 Å². The summed E-state index contributed by atoms with van der Waals surface area (Å²) in [5, 5.41) is 11.7. The third-order valence-electron chi connectivity index (χ3n) is 5.05. The topological polar surface area (TPSA) is 131 Å². The molecule has 0 aliphatic heterocycles. The highest BCUT2D eigenvalue weighted by Gasteiger charge is 2.49. The molecule has 2 aromatic rings. The van der Waals surface area contributed by atoms with Gasteiger partial charge >= 0.3 is 18.2 Å². The molecule has 1 amide bonds. The number of aliphatic hydroxyl groups is 1. The molecule has 202 valence electrons. The molecular weight excluding hydrogens is 517 g/mol. The van der Waals surface area contributed by atoms with Gasteiger partial charge in [0.15, 0.2) is 5.60 Å². The predicted molar refractivity (Wildman–Crippen MR) is 128 cm³/mol. The highest BCUT2D eigenvalue weighted by molar-refractivity contribution is 7.90. The zero-order valence-electron chi connectivity index (χ0n) is 19.8. The second-order valence-corrected chi connectivity index (χ2v) is 9.97. The van der Waals surface area contributed by atoms with Crippen LogP contribution in [-0.4, -0.2) is 55.4 Å². The zero-order chi connectivity index (χ0) is 27.5. The number of alkyl halides is 3. The van der Waals surface area contributed by atoms with Crippen LogP contribution in [0.5, 0.6) is 0 Å². The minimum Gasteiger partial charge on any atom is -0.459 e. The minimum atomic E-state index is -5.02. The first-order chi connectivity index (χ1) is 17.3. The molecule has 0 radical (unpaired) electrons. The van der Waals surface area contributed by atoms with Crippen LogP contribution in [0, 0.1) is 0 Å². The monoisotopic (exact) mass is 544 g/mol. The summed E-state index contributed by atoms with van der Waals surface area (Å²) in [6.45, 7) is 0.231. The van der Waals surface area contributed by atoms with Crippen molar-refractivity contribution in [1.29, 1.82) is 0 Å². The lowest BCUT2D eigenvalue weighted by molar-refractivity contribution is -0.253. The van der Waals surface area contributed by atoms with Crippen LogP contribution in [0.3, 0.4) is 0 Å². The molecule has 0 bridgehead atoms. The van der Waals surface area contributed by atoms with E-state index in [2.05, 4.69) is 9.71 Å². The minimum absolute atomic E-state index is 0.0972. The molecule has 0 aliphatic carbocycles. The van der Waals surface area contributed by atoms with Crippen LogP contribution in [0.15, 0.2) is 65.1 Å². The number of hydrogen-bond donors (Lipinski definition) is 2. The van der Waals surface area contributed by atoms with Crippen molar-refractivity contribution in [2.45, 2.75) is 50.8 Å². The molecule has 2 aromatic carbocycles. The predicted octanol–water partition coefficient (Wildman–Crippen LogP) is 3.52. The molecular formula is C24H27F3N2O7S. The lowest BCUT2D eigenvalue weighted by atomic mass is 10.0. The van der Waals surface area contributed by atoms with E-state index in [4.69, 9.17) is 9.47 Å². The lowest BCUT2D eigenvalue weighted by Crippen LogP contribution is -2.43. The molecule has 0 aliphatic rings. The number of benzene rings is 2. The summed E-state index contributed by atoms with van der Waals surface area (Å²) in [5.74, 6) is -2.00. The summed E-state index contributed by atoms with van der Waals surface area (Å²) in [5.41, 5.74) is -1.87. The summed E-state index contributed by atoms with van der Waals surface area (Å²) in [6, 6.07) is 15.9. The Bertz CT molecular complexity index is 1160. The van der Waals surface area contributed by atoms with Crippen molar-refractivity contribution >= 4 is 28.3 Å². The Morgan fingerprint density at radius 1 is 1.00 bits per heavy atom. The van der Waals surface area contributed by atoms with Gasteiger partial charge in [-0.2, -0.15) is 17.6 Å². The Morgan fingerprint density at radius 3 is 2.03 bits per heavy atom. The summed E-state index contributed by atoms with van der Waals surface area (Å²) in [7, 11) is -4.41. The molecule has 37 heavy (non-hydrogen) atoms. The van der Waals surface area contributed by atoms with Gasteiger partial charge in [0.2, 0.25) is 0 Å². The zero-order valence-corrected chi connectivity index (χ0v) is 20.7. The van der Waals surface area contributed by atoms with Gasteiger partial charge in [-0.1, -0.05) is 60.7 Å². The summed E-state index contributed by atoms with van der Waals surface area (Å²) < 4.78 is 75.9. The fourth-order valence-corrected chi connectivity index (χ4v) is 3.81. The number of hydrogen-bond acceptors (Lipinski definition) is 7. The van der Waals surface area contributed by atoms with Crippen LogP contribution in [-0.2, 0) is 37.5 Å². The third kappa shape index (κ3) is 10.6. The van der Waals surface area contributed by atoms with Gasteiger partial charge in [-0.15, -0.1) is 0 Å². The van der Waals surface area contributed by atoms with Gasteiger partial charge in [0.05, 0.1) is 5.75 Å². The standard InChI is InChI=1S/C24H27F3N2O7S/c1-23(32,24(25,26)27)13-15-37(33,34)28-14-12-20(21(30)35-16-18-8-4-2-5-9-18)29-22(31)36-17-19-10-6-3-7-11-19/h2-11,14,20,32H,12-13,15-17H2,1H3,(H,29,31)/t20-,23-/m0/s1. The van der Waals surface area contributed by atoms with E-state index in [1.807, 2.05) is 0 Å². The molecule has 0 heterocycles. The fourth-order valence-electron chi connectivity index (χ4n) is 2.73. The summed E-state index contributed by atoms with van der Waals surface area (Å²) >= 11 is 0. The quantitative estimate of drug-likeness (QED) is 0.309. The Labute approximate surface area is 212 Å². The fraction of sp³-hybridized carbons (Fsp3) is 0.375. The number of sulfonamides is 1. The van der Waals surface area contributed by atoms with Crippen molar-refractivity contribution in [3.05, 3.63) is 71.8 Å². The number of rotatable bonds is 12. The third-order valence-corrected chi connectivity index (χ3v) is 6.24. The number of halogens is 3. The van der Waals surface area contributed by atoms with E-state index in [-0.39, 0.29) is 13.2 Å². The molecule has 0 unspecified atom stereocenters. The SMILES string of the molecule is C[C@](O)(CCS(=O)(=O)N=CC[C@H](NC(=O)OCc1ccccc1)C(=O)OCc1ccccc1)C(F)(F)F. The smallest absolute Gasteiger partial charge is 0.416 e. The molecule has 9 nitrogen and oxygen atoms in total. The summed E-state index contributed by atoms with van der Waals surface area (Å²) in [4.78, 5) is 24.8. The number of ether oxygens (including phenoxy) is 2. The van der Waals surface area contributed by atoms with E-state index in [9.17, 15) is 36.3 Å². The number of nitrogens with zero attached hydrogens (tertiary/aromatic N) is 1. The largest absolute Gasteiger partial charge is 0.459 e. The number of esters is 1. The highest BCUT2D eigenvalue weighted by atomic mass is 32.2. The van der Waals surface area contributed by atoms with E-state index in [1.165, 1.54) is 0 Å². The Hall–Kier alpha value is -3.45. The van der Waals surface area contributed by atoms with Gasteiger partial charge in [-0.25, -0.2) is 18.0 Å². The van der Waals surface area contributed by atoms with Crippen molar-refractivity contribution in [2.75, 3.05) is 5.75 Å². The van der Waals surface area contributed by atoms with E-state index < -0.39 is 58.5 Å². The normalized spacial score (nSPS) is 14.5. The summed E-state index contributed by atoms with van der Waals surface area (Å²) in [6.07, 6.45) is -6.83. The lowest BCUT2D eigenvalue weighted by Gasteiger charge is -2.25. The van der Waals surface area contributed by atoms with Gasteiger partial charge < -0.3 is 19.9 Å². The van der Waals surface area contributed by atoms with Gasteiger partial charge in [0.1, 0.15) is 19.3 Å². The van der Waals surface area contributed by atoms with Crippen LogP contribution < -0.4 is 5.32 Å². The molecule has 0 fully saturated rings. The maximum absolute atomic E-state index is 12.8. The van der Waals surface area contributed by atoms with Crippen LogP contribution in [0.2, 0.25) is 0 Å². The molecule has 2 atom stereocenters. The van der Waals surface area contributed by atoms with E-state index in [0.717, 1.165) is 6.21 Å². The van der Waals surface area contributed by atoms with Crippen molar-refractivity contribution in [1.82, 2.24) is 5.32 Å². The van der Waals surface area contributed by atoms with Crippen LogP contribution in [0.4, 0.5) is 18.0 Å². The Kier molecular flexibility index (Phi) is 10.6. The Balaban J connectivity index is 2.02. The van der Waals surface area contributed by atoms with Gasteiger partial charge in [-0.05, 0) is 18.1 Å². The molecule has 0 saturated carbocycles. The molecule has 2 rings (SSSR count). The van der Waals surface area contributed by atoms with Crippen molar-refractivity contribution in [3.8, 4) is 0 Å². The molecule has 0 aromatic heterocycles. The Morgan fingerprint density at radius 2 is 1.51 bits per heavy atom. The van der Waals surface area contributed by atoms with Gasteiger partial charge in [0.25, 0.3) is 10.0 Å². The first-order valence-electron chi connectivity index (χ1n) is 11.0. The van der Waals surface area contributed by atoms with Crippen LogP contribution in [0.1, 0.15) is 30.9 Å². The number of alkyl carbamates (subject to hydrolysis) is 1. The second kappa shape index (κ2) is 13.2.